The number of benzene rings is 1. The standard InChI is InChI=1S/C18H22N4O/c1-14-13-22(8-7-21(14)9-10-23-2)18-6-4-16-11-15(12-19)3-5-17(16)20-18/h3-6,11,14H,7-10,13H2,1-2H3. The van der Waals surface area contributed by atoms with Gasteiger partial charge in [0.2, 0.25) is 0 Å². The monoisotopic (exact) mass is 310 g/mol. The molecule has 2 aromatic rings. The van der Waals surface area contributed by atoms with E-state index in [2.05, 4.69) is 34.9 Å². The molecule has 0 bridgehead atoms. The summed E-state index contributed by atoms with van der Waals surface area (Å²) < 4.78 is 5.18. The third-order valence-electron chi connectivity index (χ3n) is 4.48. The van der Waals surface area contributed by atoms with Crippen molar-refractivity contribution >= 4 is 16.7 Å². The fourth-order valence-corrected chi connectivity index (χ4v) is 3.10. The second kappa shape index (κ2) is 6.95. The maximum Gasteiger partial charge on any atom is 0.129 e. The van der Waals surface area contributed by atoms with Gasteiger partial charge >= 0.3 is 0 Å². The quantitative estimate of drug-likeness (QED) is 0.867. The highest BCUT2D eigenvalue weighted by atomic mass is 16.5. The number of nitrogens with zero attached hydrogens (tertiary/aromatic N) is 4. The molecule has 120 valence electrons. The molecule has 3 rings (SSSR count). The summed E-state index contributed by atoms with van der Waals surface area (Å²) in [6, 6.07) is 12.4. The minimum atomic E-state index is 0.484. The van der Waals surface area contributed by atoms with Crippen molar-refractivity contribution in [2.24, 2.45) is 0 Å². The fraction of sp³-hybridized carbons (Fsp3) is 0.444. The number of nitriles is 1. The lowest BCUT2D eigenvalue weighted by molar-refractivity contribution is 0.117. The summed E-state index contributed by atoms with van der Waals surface area (Å²) >= 11 is 0. The lowest BCUT2D eigenvalue weighted by Gasteiger charge is -2.40. The van der Waals surface area contributed by atoms with Gasteiger partial charge in [0.05, 0.1) is 23.8 Å². The Hall–Kier alpha value is -2.16. The first kappa shape index (κ1) is 15.7. The smallest absolute Gasteiger partial charge is 0.129 e. The van der Waals surface area contributed by atoms with Crippen LogP contribution in [-0.4, -0.2) is 55.8 Å². The van der Waals surface area contributed by atoms with E-state index >= 15 is 0 Å². The number of hydrogen-bond acceptors (Lipinski definition) is 5. The summed E-state index contributed by atoms with van der Waals surface area (Å²) in [6.07, 6.45) is 0. The van der Waals surface area contributed by atoms with E-state index in [-0.39, 0.29) is 0 Å². The van der Waals surface area contributed by atoms with E-state index in [9.17, 15) is 0 Å². The Morgan fingerprint density at radius 2 is 2.17 bits per heavy atom. The summed E-state index contributed by atoms with van der Waals surface area (Å²) in [4.78, 5) is 9.57. The van der Waals surface area contributed by atoms with Crippen molar-refractivity contribution in [2.75, 3.05) is 44.8 Å². The molecule has 0 aliphatic carbocycles. The van der Waals surface area contributed by atoms with Crippen molar-refractivity contribution in [1.29, 1.82) is 5.26 Å². The van der Waals surface area contributed by atoms with Gasteiger partial charge in [-0.15, -0.1) is 0 Å². The largest absolute Gasteiger partial charge is 0.383 e. The molecule has 23 heavy (non-hydrogen) atoms. The molecule has 0 amide bonds. The number of anilines is 1. The highest BCUT2D eigenvalue weighted by Crippen LogP contribution is 2.21. The predicted molar refractivity (Wildman–Crippen MR) is 91.6 cm³/mol. The average molecular weight is 310 g/mol. The molecular weight excluding hydrogens is 288 g/mol. The van der Waals surface area contributed by atoms with Crippen molar-refractivity contribution < 1.29 is 4.74 Å². The van der Waals surface area contributed by atoms with Crippen molar-refractivity contribution in [3.8, 4) is 6.07 Å². The van der Waals surface area contributed by atoms with Crippen LogP contribution >= 0.6 is 0 Å². The summed E-state index contributed by atoms with van der Waals surface area (Å²) in [7, 11) is 1.75. The van der Waals surface area contributed by atoms with Crippen LogP contribution in [0.15, 0.2) is 30.3 Å². The van der Waals surface area contributed by atoms with Gasteiger partial charge < -0.3 is 9.64 Å². The number of pyridine rings is 1. The minimum absolute atomic E-state index is 0.484. The molecule has 0 radical (unpaired) electrons. The van der Waals surface area contributed by atoms with Crippen molar-refractivity contribution in [1.82, 2.24) is 9.88 Å². The van der Waals surface area contributed by atoms with Crippen LogP contribution in [0.3, 0.4) is 0 Å². The predicted octanol–water partition coefficient (Wildman–Crippen LogP) is 2.26. The van der Waals surface area contributed by atoms with E-state index in [1.165, 1.54) is 0 Å². The maximum absolute atomic E-state index is 8.98. The number of rotatable bonds is 4. The molecule has 0 N–H and O–H groups in total. The first-order valence-electron chi connectivity index (χ1n) is 8.00. The molecule has 1 atom stereocenters. The van der Waals surface area contributed by atoms with Gasteiger partial charge in [-0.1, -0.05) is 0 Å². The van der Waals surface area contributed by atoms with E-state index in [1.54, 1.807) is 7.11 Å². The zero-order valence-electron chi connectivity index (χ0n) is 13.7. The molecule has 1 aromatic carbocycles. The summed E-state index contributed by atoms with van der Waals surface area (Å²) in [5.41, 5.74) is 1.61. The number of fused-ring (bicyclic) bond motifs is 1. The Labute approximate surface area is 137 Å². The maximum atomic E-state index is 8.98. The topological polar surface area (TPSA) is 52.4 Å². The van der Waals surface area contributed by atoms with Crippen LogP contribution in [-0.2, 0) is 4.74 Å². The molecule has 5 nitrogen and oxygen atoms in total. The molecule has 0 spiro atoms. The minimum Gasteiger partial charge on any atom is -0.383 e. The van der Waals surface area contributed by atoms with Gasteiger partial charge in [-0.05, 0) is 37.3 Å². The van der Waals surface area contributed by atoms with E-state index in [4.69, 9.17) is 15.0 Å². The average Bonchev–Trinajstić information content (AvgIpc) is 2.59. The number of ether oxygens (including phenoxy) is 1. The highest BCUT2D eigenvalue weighted by Gasteiger charge is 2.24. The molecule has 1 aliphatic rings. The molecule has 0 saturated carbocycles. The number of methoxy groups -OCH3 is 1. The van der Waals surface area contributed by atoms with Crippen LogP contribution < -0.4 is 4.90 Å². The van der Waals surface area contributed by atoms with Gasteiger partial charge in [-0.2, -0.15) is 5.26 Å². The van der Waals surface area contributed by atoms with Crippen LogP contribution in [0.5, 0.6) is 0 Å². The summed E-state index contributed by atoms with van der Waals surface area (Å²) in [5, 5.41) is 9.99. The van der Waals surface area contributed by atoms with Crippen molar-refractivity contribution in [3.63, 3.8) is 0 Å². The van der Waals surface area contributed by atoms with Gasteiger partial charge in [-0.3, -0.25) is 4.90 Å². The van der Waals surface area contributed by atoms with Crippen LogP contribution in [0.2, 0.25) is 0 Å². The second-order valence-electron chi connectivity index (χ2n) is 6.01. The van der Waals surface area contributed by atoms with E-state index in [1.807, 2.05) is 18.2 Å². The van der Waals surface area contributed by atoms with Gasteiger partial charge in [-0.25, -0.2) is 4.98 Å². The summed E-state index contributed by atoms with van der Waals surface area (Å²) in [5.74, 6) is 1.01. The normalized spacial score (nSPS) is 19.0. The Morgan fingerprint density at radius 3 is 2.91 bits per heavy atom. The van der Waals surface area contributed by atoms with Gasteiger partial charge in [0.15, 0.2) is 0 Å². The van der Waals surface area contributed by atoms with Crippen molar-refractivity contribution in [3.05, 3.63) is 35.9 Å². The lowest BCUT2D eigenvalue weighted by atomic mass is 10.1. The van der Waals surface area contributed by atoms with Gasteiger partial charge in [0.1, 0.15) is 5.82 Å². The Bertz CT molecular complexity index is 725. The van der Waals surface area contributed by atoms with Crippen LogP contribution in [0.4, 0.5) is 5.82 Å². The molecule has 1 aromatic heterocycles. The van der Waals surface area contributed by atoms with Crippen LogP contribution in [0.25, 0.3) is 10.9 Å². The first-order valence-corrected chi connectivity index (χ1v) is 8.00. The summed E-state index contributed by atoms with van der Waals surface area (Å²) in [6.45, 7) is 6.98. The van der Waals surface area contributed by atoms with E-state index < -0.39 is 0 Å². The van der Waals surface area contributed by atoms with Crippen molar-refractivity contribution in [2.45, 2.75) is 13.0 Å². The fourth-order valence-electron chi connectivity index (χ4n) is 3.10. The number of hydrogen-bond donors (Lipinski definition) is 0. The second-order valence-corrected chi connectivity index (χ2v) is 6.01. The van der Waals surface area contributed by atoms with E-state index in [0.717, 1.165) is 49.5 Å². The first-order chi connectivity index (χ1) is 11.2. The lowest BCUT2D eigenvalue weighted by Crippen LogP contribution is -2.52. The third kappa shape index (κ3) is 3.44. The molecule has 1 aliphatic heterocycles. The number of piperazine rings is 1. The van der Waals surface area contributed by atoms with Gasteiger partial charge in [0.25, 0.3) is 0 Å². The highest BCUT2D eigenvalue weighted by molar-refractivity contribution is 5.81. The van der Waals surface area contributed by atoms with Crippen LogP contribution in [0.1, 0.15) is 12.5 Å². The third-order valence-corrected chi connectivity index (χ3v) is 4.48. The molecule has 5 heteroatoms. The number of aromatic nitrogens is 1. The Balaban J connectivity index is 1.75. The van der Waals surface area contributed by atoms with Crippen LogP contribution in [0, 0.1) is 11.3 Å². The Morgan fingerprint density at radius 1 is 1.30 bits per heavy atom. The molecule has 1 fully saturated rings. The molecule has 1 saturated heterocycles. The van der Waals surface area contributed by atoms with E-state index in [0.29, 0.717) is 11.6 Å². The SMILES string of the molecule is COCCN1CCN(c2ccc3cc(C#N)ccc3n2)CC1C. The molecular formula is C18H22N4O. The Kier molecular flexibility index (Phi) is 4.75. The van der Waals surface area contributed by atoms with Gasteiger partial charge in [0, 0.05) is 44.7 Å². The zero-order chi connectivity index (χ0) is 16.2. The zero-order valence-corrected chi connectivity index (χ0v) is 13.7. The molecule has 1 unspecified atom stereocenters. The molecule has 2 heterocycles.